The van der Waals surface area contributed by atoms with Gasteiger partial charge in [-0.05, 0) is 46.3 Å². The molecule has 1 heterocycles. The summed E-state index contributed by atoms with van der Waals surface area (Å²) in [6, 6.07) is 10.3. The lowest BCUT2D eigenvalue weighted by Gasteiger charge is -2.00. The van der Waals surface area contributed by atoms with Crippen molar-refractivity contribution in [2.45, 2.75) is 9.92 Å². The molecule has 0 N–H and O–H groups in total. The lowest BCUT2D eigenvalue weighted by molar-refractivity contribution is 0.624. The quantitative estimate of drug-likeness (QED) is 0.822. The maximum Gasteiger partial charge on any atom is 0.124 e. The van der Waals surface area contributed by atoms with Crippen molar-refractivity contribution >= 4 is 27.7 Å². The summed E-state index contributed by atoms with van der Waals surface area (Å²) in [6.45, 7) is 0. The maximum atomic E-state index is 12.9. The van der Waals surface area contributed by atoms with Crippen LogP contribution in [0.2, 0.25) is 0 Å². The molecule has 0 spiro atoms. The Kier molecular flexibility index (Phi) is 3.38. The normalized spacial score (nSPS) is 10.3. The van der Waals surface area contributed by atoms with Crippen LogP contribution in [0.25, 0.3) is 0 Å². The van der Waals surface area contributed by atoms with Crippen LogP contribution in [0.5, 0.6) is 0 Å². The largest absolute Gasteiger partial charge is 0.248 e. The van der Waals surface area contributed by atoms with Crippen molar-refractivity contribution in [2.24, 2.45) is 0 Å². The van der Waals surface area contributed by atoms with Gasteiger partial charge in [-0.3, -0.25) is 0 Å². The molecule has 0 aliphatic heterocycles. The van der Waals surface area contributed by atoms with Crippen LogP contribution in [0, 0.1) is 5.82 Å². The minimum absolute atomic E-state index is 0.225. The summed E-state index contributed by atoms with van der Waals surface area (Å²) in [5.74, 6) is -0.225. The van der Waals surface area contributed by atoms with E-state index in [1.165, 1.54) is 23.9 Å². The van der Waals surface area contributed by atoms with Crippen molar-refractivity contribution in [3.8, 4) is 0 Å². The molecular formula is C11H7BrFNS. The number of halogens is 2. The Labute approximate surface area is 99.9 Å². The Bertz CT molecular complexity index is 458. The first-order valence-corrected chi connectivity index (χ1v) is 5.90. The standard InChI is InChI=1S/C11H7BrFNS/c12-8-4-5-11(14-7-8)15-10-3-1-2-9(13)6-10/h1-7H. The first-order chi connectivity index (χ1) is 7.24. The lowest BCUT2D eigenvalue weighted by Crippen LogP contribution is -1.80. The highest BCUT2D eigenvalue weighted by atomic mass is 79.9. The van der Waals surface area contributed by atoms with E-state index in [2.05, 4.69) is 20.9 Å². The third-order valence-electron chi connectivity index (χ3n) is 1.72. The number of pyridine rings is 1. The summed E-state index contributed by atoms with van der Waals surface area (Å²) in [7, 11) is 0. The predicted molar refractivity (Wildman–Crippen MR) is 62.5 cm³/mol. The van der Waals surface area contributed by atoms with Gasteiger partial charge in [0.25, 0.3) is 0 Å². The smallest absolute Gasteiger partial charge is 0.124 e. The van der Waals surface area contributed by atoms with E-state index in [4.69, 9.17) is 0 Å². The van der Waals surface area contributed by atoms with Crippen LogP contribution in [0.3, 0.4) is 0 Å². The number of aromatic nitrogens is 1. The summed E-state index contributed by atoms with van der Waals surface area (Å²) in [5, 5.41) is 0.851. The van der Waals surface area contributed by atoms with Gasteiger partial charge in [-0.2, -0.15) is 0 Å². The zero-order valence-electron chi connectivity index (χ0n) is 7.65. The third-order valence-corrected chi connectivity index (χ3v) is 3.13. The van der Waals surface area contributed by atoms with Crippen LogP contribution in [-0.4, -0.2) is 4.98 Å². The van der Waals surface area contributed by atoms with Crippen molar-refractivity contribution in [3.63, 3.8) is 0 Å². The monoisotopic (exact) mass is 283 g/mol. The second-order valence-corrected chi connectivity index (χ2v) is 4.88. The number of hydrogen-bond donors (Lipinski definition) is 0. The zero-order chi connectivity index (χ0) is 10.7. The Morgan fingerprint density at radius 2 is 2.07 bits per heavy atom. The molecule has 0 aliphatic rings. The van der Waals surface area contributed by atoms with Gasteiger partial charge in [-0.1, -0.05) is 17.8 Å². The highest BCUT2D eigenvalue weighted by molar-refractivity contribution is 9.10. The van der Waals surface area contributed by atoms with E-state index in [9.17, 15) is 4.39 Å². The Morgan fingerprint density at radius 1 is 1.20 bits per heavy atom. The van der Waals surface area contributed by atoms with E-state index in [1.54, 1.807) is 12.3 Å². The molecule has 0 radical (unpaired) electrons. The maximum absolute atomic E-state index is 12.9. The van der Waals surface area contributed by atoms with Crippen LogP contribution < -0.4 is 0 Å². The molecule has 0 atom stereocenters. The highest BCUT2D eigenvalue weighted by Gasteiger charge is 1.99. The number of rotatable bonds is 2. The van der Waals surface area contributed by atoms with Crippen LogP contribution in [0.1, 0.15) is 0 Å². The fourth-order valence-electron chi connectivity index (χ4n) is 1.07. The number of nitrogens with zero attached hydrogens (tertiary/aromatic N) is 1. The minimum atomic E-state index is -0.225. The number of hydrogen-bond acceptors (Lipinski definition) is 2. The molecule has 2 aromatic rings. The van der Waals surface area contributed by atoms with Crippen molar-refractivity contribution in [2.75, 3.05) is 0 Å². The highest BCUT2D eigenvalue weighted by Crippen LogP contribution is 2.26. The molecule has 0 aliphatic carbocycles. The average Bonchev–Trinajstić information content (AvgIpc) is 2.22. The average molecular weight is 284 g/mol. The van der Waals surface area contributed by atoms with Crippen molar-refractivity contribution in [3.05, 3.63) is 52.9 Å². The van der Waals surface area contributed by atoms with Crippen molar-refractivity contribution in [1.82, 2.24) is 4.98 Å². The van der Waals surface area contributed by atoms with Crippen molar-refractivity contribution in [1.29, 1.82) is 0 Å². The van der Waals surface area contributed by atoms with Gasteiger partial charge in [0.1, 0.15) is 10.8 Å². The molecule has 4 heteroatoms. The molecule has 15 heavy (non-hydrogen) atoms. The van der Waals surface area contributed by atoms with Crippen LogP contribution in [0.15, 0.2) is 57.0 Å². The molecule has 1 aromatic carbocycles. The van der Waals surface area contributed by atoms with Crippen LogP contribution in [-0.2, 0) is 0 Å². The van der Waals surface area contributed by atoms with E-state index in [1.807, 2.05) is 18.2 Å². The van der Waals surface area contributed by atoms with Gasteiger partial charge in [0.15, 0.2) is 0 Å². The lowest BCUT2D eigenvalue weighted by atomic mass is 10.4. The fourth-order valence-corrected chi connectivity index (χ4v) is 2.11. The molecule has 2 rings (SSSR count). The Hall–Kier alpha value is -0.870. The van der Waals surface area contributed by atoms with Gasteiger partial charge in [-0.25, -0.2) is 9.37 Å². The van der Waals surface area contributed by atoms with Gasteiger partial charge < -0.3 is 0 Å². The summed E-state index contributed by atoms with van der Waals surface area (Å²) in [5.41, 5.74) is 0. The molecule has 0 unspecified atom stereocenters. The van der Waals surface area contributed by atoms with E-state index >= 15 is 0 Å². The SMILES string of the molecule is Fc1cccc(Sc2ccc(Br)cn2)c1. The first kappa shape index (κ1) is 10.6. The van der Waals surface area contributed by atoms with Crippen molar-refractivity contribution < 1.29 is 4.39 Å². The van der Waals surface area contributed by atoms with E-state index < -0.39 is 0 Å². The summed E-state index contributed by atoms with van der Waals surface area (Å²) >= 11 is 4.75. The van der Waals surface area contributed by atoms with Gasteiger partial charge >= 0.3 is 0 Å². The van der Waals surface area contributed by atoms with Crippen LogP contribution in [0.4, 0.5) is 4.39 Å². The predicted octanol–water partition coefficient (Wildman–Crippen LogP) is 4.13. The van der Waals surface area contributed by atoms with Gasteiger partial charge in [0.05, 0.1) is 0 Å². The van der Waals surface area contributed by atoms with Gasteiger partial charge in [-0.15, -0.1) is 0 Å². The molecule has 76 valence electrons. The molecular weight excluding hydrogens is 277 g/mol. The summed E-state index contributed by atoms with van der Waals surface area (Å²) in [4.78, 5) is 5.05. The summed E-state index contributed by atoms with van der Waals surface area (Å²) in [6.07, 6.45) is 1.72. The Balaban J connectivity index is 2.18. The van der Waals surface area contributed by atoms with Crippen LogP contribution >= 0.6 is 27.7 Å². The van der Waals surface area contributed by atoms with Gasteiger partial charge in [0, 0.05) is 15.6 Å². The van der Waals surface area contributed by atoms with E-state index in [-0.39, 0.29) is 5.82 Å². The molecule has 0 saturated heterocycles. The second-order valence-electron chi connectivity index (χ2n) is 2.87. The molecule has 0 amide bonds. The topological polar surface area (TPSA) is 12.9 Å². The number of benzene rings is 1. The first-order valence-electron chi connectivity index (χ1n) is 4.29. The fraction of sp³-hybridized carbons (Fsp3) is 0. The van der Waals surface area contributed by atoms with E-state index in [0.29, 0.717) is 0 Å². The molecule has 0 fully saturated rings. The molecule has 0 saturated carbocycles. The zero-order valence-corrected chi connectivity index (χ0v) is 10.1. The Morgan fingerprint density at radius 3 is 2.73 bits per heavy atom. The summed E-state index contributed by atoms with van der Waals surface area (Å²) < 4.78 is 13.8. The molecule has 1 nitrogen and oxygen atoms in total. The third kappa shape index (κ3) is 3.04. The molecule has 0 bridgehead atoms. The van der Waals surface area contributed by atoms with Gasteiger partial charge in [0.2, 0.25) is 0 Å². The van der Waals surface area contributed by atoms with E-state index in [0.717, 1.165) is 14.4 Å². The minimum Gasteiger partial charge on any atom is -0.248 e. The second kappa shape index (κ2) is 4.77. The molecule has 1 aromatic heterocycles.